The topological polar surface area (TPSA) is 42.8 Å². The van der Waals surface area contributed by atoms with E-state index in [1.807, 2.05) is 4.57 Å². The number of aromatic amines is 1. The Bertz CT molecular complexity index is 601. The van der Waals surface area contributed by atoms with Crippen LogP contribution in [0.5, 0.6) is 0 Å². The third kappa shape index (κ3) is 2.52. The molecule has 1 aromatic heterocycles. The molecule has 0 saturated carbocycles. The molecule has 0 fully saturated rings. The Balaban J connectivity index is 2.47. The fourth-order valence-electron chi connectivity index (χ4n) is 1.98. The molecular weight excluding hydrogens is 246 g/mol. The highest BCUT2D eigenvalue weighted by atomic mass is 32.1. The number of aryl methyl sites for hydroxylation is 2. The minimum atomic E-state index is 0.617. The average molecular weight is 263 g/mol. The smallest absolute Gasteiger partial charge is 0.195 e. The largest absolute Gasteiger partial charge is 0.383 e. The Morgan fingerprint density at radius 2 is 2.17 bits per heavy atom. The van der Waals surface area contributed by atoms with Gasteiger partial charge in [-0.2, -0.15) is 5.10 Å². The summed E-state index contributed by atoms with van der Waals surface area (Å²) in [6, 6.07) is 6.31. The van der Waals surface area contributed by atoms with Crippen molar-refractivity contribution in [2.75, 3.05) is 13.7 Å². The molecule has 0 amide bonds. The summed E-state index contributed by atoms with van der Waals surface area (Å²) in [4.78, 5) is 0. The first-order chi connectivity index (χ1) is 8.63. The van der Waals surface area contributed by atoms with Crippen LogP contribution in [0.1, 0.15) is 11.1 Å². The van der Waals surface area contributed by atoms with E-state index in [0.717, 1.165) is 11.4 Å². The molecule has 5 heteroatoms. The Labute approximate surface area is 112 Å². The van der Waals surface area contributed by atoms with Crippen LogP contribution in [0.4, 0.5) is 0 Å². The van der Waals surface area contributed by atoms with E-state index in [9.17, 15) is 0 Å². The van der Waals surface area contributed by atoms with Crippen molar-refractivity contribution in [3.8, 4) is 11.4 Å². The van der Waals surface area contributed by atoms with E-state index in [2.05, 4.69) is 42.2 Å². The summed E-state index contributed by atoms with van der Waals surface area (Å²) < 4.78 is 7.70. The average Bonchev–Trinajstić information content (AvgIpc) is 2.68. The molecule has 0 saturated heterocycles. The first kappa shape index (κ1) is 13.0. The minimum absolute atomic E-state index is 0.617. The summed E-state index contributed by atoms with van der Waals surface area (Å²) in [5.41, 5.74) is 3.54. The Morgan fingerprint density at radius 1 is 1.39 bits per heavy atom. The molecule has 0 aliphatic rings. The highest BCUT2D eigenvalue weighted by Gasteiger charge is 2.10. The highest BCUT2D eigenvalue weighted by molar-refractivity contribution is 7.71. The number of hydrogen-bond acceptors (Lipinski definition) is 3. The maximum absolute atomic E-state index is 5.24. The number of H-pyrrole nitrogens is 1. The van der Waals surface area contributed by atoms with E-state index in [4.69, 9.17) is 17.0 Å². The Hall–Kier alpha value is -1.46. The summed E-state index contributed by atoms with van der Waals surface area (Å²) >= 11 is 5.24. The third-order valence-electron chi connectivity index (χ3n) is 2.90. The zero-order valence-corrected chi connectivity index (χ0v) is 11.7. The second-order valence-corrected chi connectivity index (χ2v) is 4.70. The number of aromatic nitrogens is 3. The standard InChI is InChI=1S/C13H17N3OS/c1-9-4-5-11(10(2)8-9)12-14-15-13(18)16(12)6-7-17-3/h4-5,8H,6-7H2,1-3H3,(H,15,18). The number of hydrogen-bond donors (Lipinski definition) is 1. The number of methoxy groups -OCH3 is 1. The van der Waals surface area contributed by atoms with Crippen molar-refractivity contribution in [3.63, 3.8) is 0 Å². The molecule has 0 unspecified atom stereocenters. The van der Waals surface area contributed by atoms with Gasteiger partial charge in [0.1, 0.15) is 0 Å². The van der Waals surface area contributed by atoms with Crippen molar-refractivity contribution in [2.45, 2.75) is 20.4 Å². The monoisotopic (exact) mass is 263 g/mol. The van der Waals surface area contributed by atoms with Gasteiger partial charge in [0.2, 0.25) is 0 Å². The van der Waals surface area contributed by atoms with Gasteiger partial charge in [-0.15, -0.1) is 0 Å². The molecule has 96 valence electrons. The van der Waals surface area contributed by atoms with Crippen molar-refractivity contribution < 1.29 is 4.74 Å². The molecule has 1 heterocycles. The quantitative estimate of drug-likeness (QED) is 0.863. The lowest BCUT2D eigenvalue weighted by Crippen LogP contribution is -2.06. The number of benzene rings is 1. The second-order valence-electron chi connectivity index (χ2n) is 4.32. The predicted molar refractivity (Wildman–Crippen MR) is 74.2 cm³/mol. The molecule has 2 rings (SSSR count). The molecule has 0 atom stereocenters. The predicted octanol–water partition coefficient (Wildman–Crippen LogP) is 2.87. The van der Waals surface area contributed by atoms with E-state index in [1.165, 1.54) is 11.1 Å². The molecule has 0 bridgehead atoms. The van der Waals surface area contributed by atoms with Crippen LogP contribution in [-0.2, 0) is 11.3 Å². The maximum atomic E-state index is 5.24. The van der Waals surface area contributed by atoms with Crippen molar-refractivity contribution in [2.24, 2.45) is 0 Å². The van der Waals surface area contributed by atoms with Crippen molar-refractivity contribution in [1.29, 1.82) is 0 Å². The fraction of sp³-hybridized carbons (Fsp3) is 0.385. The van der Waals surface area contributed by atoms with E-state index in [0.29, 0.717) is 17.9 Å². The van der Waals surface area contributed by atoms with E-state index in [-0.39, 0.29) is 0 Å². The summed E-state index contributed by atoms with van der Waals surface area (Å²) in [7, 11) is 1.68. The van der Waals surface area contributed by atoms with Crippen LogP contribution in [0.25, 0.3) is 11.4 Å². The molecule has 2 aromatic rings. The Morgan fingerprint density at radius 3 is 2.83 bits per heavy atom. The molecule has 4 nitrogen and oxygen atoms in total. The molecule has 0 aliphatic heterocycles. The van der Waals surface area contributed by atoms with Crippen LogP contribution in [0, 0.1) is 18.6 Å². The number of nitrogens with zero attached hydrogens (tertiary/aromatic N) is 2. The molecule has 0 aliphatic carbocycles. The number of rotatable bonds is 4. The highest BCUT2D eigenvalue weighted by Crippen LogP contribution is 2.22. The molecule has 1 N–H and O–H groups in total. The summed E-state index contributed by atoms with van der Waals surface area (Å²) in [5, 5.41) is 7.17. The fourth-order valence-corrected chi connectivity index (χ4v) is 2.20. The van der Waals surface area contributed by atoms with Crippen molar-refractivity contribution in [3.05, 3.63) is 34.1 Å². The third-order valence-corrected chi connectivity index (χ3v) is 3.21. The van der Waals surface area contributed by atoms with E-state index >= 15 is 0 Å². The molecular formula is C13H17N3OS. The lowest BCUT2D eigenvalue weighted by Gasteiger charge is -2.09. The van der Waals surface area contributed by atoms with Crippen LogP contribution in [0.15, 0.2) is 18.2 Å². The van der Waals surface area contributed by atoms with Gasteiger partial charge in [0.25, 0.3) is 0 Å². The maximum Gasteiger partial charge on any atom is 0.195 e. The van der Waals surface area contributed by atoms with Crippen LogP contribution in [0.2, 0.25) is 0 Å². The molecule has 18 heavy (non-hydrogen) atoms. The minimum Gasteiger partial charge on any atom is -0.383 e. The van der Waals surface area contributed by atoms with Gasteiger partial charge in [0, 0.05) is 12.7 Å². The zero-order chi connectivity index (χ0) is 13.1. The number of ether oxygens (including phenoxy) is 1. The lowest BCUT2D eigenvalue weighted by atomic mass is 10.1. The van der Waals surface area contributed by atoms with Gasteiger partial charge in [0.15, 0.2) is 10.6 Å². The van der Waals surface area contributed by atoms with Crippen LogP contribution >= 0.6 is 12.2 Å². The van der Waals surface area contributed by atoms with Gasteiger partial charge in [-0.05, 0) is 31.6 Å². The second kappa shape index (κ2) is 5.46. The van der Waals surface area contributed by atoms with Gasteiger partial charge in [-0.3, -0.25) is 9.67 Å². The number of nitrogens with one attached hydrogen (secondary N) is 1. The van der Waals surface area contributed by atoms with Crippen LogP contribution in [0.3, 0.4) is 0 Å². The summed E-state index contributed by atoms with van der Waals surface area (Å²) in [6.07, 6.45) is 0. The SMILES string of the molecule is COCCn1c(-c2ccc(C)cc2C)n[nH]c1=S. The Kier molecular flexibility index (Phi) is 3.93. The van der Waals surface area contributed by atoms with Crippen molar-refractivity contribution in [1.82, 2.24) is 14.8 Å². The van der Waals surface area contributed by atoms with Crippen LogP contribution < -0.4 is 0 Å². The van der Waals surface area contributed by atoms with Gasteiger partial charge in [0.05, 0.1) is 13.2 Å². The summed E-state index contributed by atoms with van der Waals surface area (Å²) in [5.74, 6) is 0.870. The molecule has 0 spiro atoms. The van der Waals surface area contributed by atoms with Gasteiger partial charge in [-0.1, -0.05) is 23.8 Å². The zero-order valence-electron chi connectivity index (χ0n) is 10.9. The van der Waals surface area contributed by atoms with Crippen molar-refractivity contribution >= 4 is 12.2 Å². The van der Waals surface area contributed by atoms with Gasteiger partial charge >= 0.3 is 0 Å². The molecule has 1 aromatic carbocycles. The van der Waals surface area contributed by atoms with Gasteiger partial charge < -0.3 is 4.74 Å². The first-order valence-electron chi connectivity index (χ1n) is 5.85. The summed E-state index contributed by atoms with van der Waals surface area (Å²) in [6.45, 7) is 5.49. The normalized spacial score (nSPS) is 10.8. The lowest BCUT2D eigenvalue weighted by molar-refractivity contribution is 0.187. The van der Waals surface area contributed by atoms with E-state index < -0.39 is 0 Å². The molecule has 0 radical (unpaired) electrons. The van der Waals surface area contributed by atoms with E-state index in [1.54, 1.807) is 7.11 Å². The van der Waals surface area contributed by atoms with Crippen LogP contribution in [-0.4, -0.2) is 28.5 Å². The first-order valence-corrected chi connectivity index (χ1v) is 6.26. The van der Waals surface area contributed by atoms with Gasteiger partial charge in [-0.25, -0.2) is 0 Å².